The molecule has 0 unspecified atom stereocenters. The second-order valence-electron chi connectivity index (χ2n) is 2.33. The van der Waals surface area contributed by atoms with Gasteiger partial charge in [-0.05, 0) is 5.92 Å². The molecule has 53 valence electrons. The van der Waals surface area contributed by atoms with Crippen LogP contribution in [0.15, 0.2) is 0 Å². The third-order valence-corrected chi connectivity index (χ3v) is 0.832. The summed E-state index contributed by atoms with van der Waals surface area (Å²) in [5, 5.41) is 8.08. The van der Waals surface area contributed by atoms with E-state index in [0.717, 1.165) is 0 Å². The summed E-state index contributed by atoms with van der Waals surface area (Å²) in [5.74, 6) is -1.90. The van der Waals surface area contributed by atoms with Crippen LogP contribution in [0.5, 0.6) is 0 Å². The van der Waals surface area contributed by atoms with Gasteiger partial charge in [0.2, 0.25) is 5.78 Å². The van der Waals surface area contributed by atoms with Crippen LogP contribution in [0.25, 0.3) is 0 Å². The Morgan fingerprint density at radius 3 is 1.90 bits per heavy atom. The number of rotatable bonds is 3. The maximum atomic E-state index is 10.4. The molecule has 0 fully saturated rings. The van der Waals surface area contributed by atoms with Crippen molar-refractivity contribution < 1.29 is 14.7 Å². The van der Waals surface area contributed by atoms with Crippen LogP contribution in [0.2, 0.25) is 0 Å². The largest absolute Gasteiger partial charge is 0.476 e. The van der Waals surface area contributed by atoms with Crippen LogP contribution in [-0.4, -0.2) is 46.4 Å². The van der Waals surface area contributed by atoms with Crippen LogP contribution in [0.3, 0.4) is 0 Å². The first-order chi connectivity index (χ1) is 4.04. The molecule has 0 aromatic heterocycles. The molecule has 1 N–H and O–H groups in total. The van der Waals surface area contributed by atoms with Gasteiger partial charge in [0.15, 0.2) is 0 Å². The number of carbonyl (C=O) groups is 2. The average molecular weight is 159 g/mol. The van der Waals surface area contributed by atoms with Gasteiger partial charge in [-0.25, -0.2) is 4.79 Å². The second kappa shape index (κ2) is 5.89. The number of hydrogen-bond donors (Lipinski definition) is 1. The first kappa shape index (κ1) is 12.8. The topological polar surface area (TPSA) is 54.4 Å². The maximum Gasteiger partial charge on any atom is 0.372 e. The van der Waals surface area contributed by atoms with E-state index in [-0.39, 0.29) is 41.9 Å². The molecule has 0 aliphatic rings. The smallest absolute Gasteiger partial charge is 0.372 e. The normalized spacial score (nSPS) is 8.70. The van der Waals surface area contributed by atoms with Crippen molar-refractivity contribution in [1.29, 1.82) is 0 Å². The van der Waals surface area contributed by atoms with Gasteiger partial charge in [-0.15, -0.1) is 0 Å². The van der Waals surface area contributed by atoms with Crippen LogP contribution in [-0.2, 0) is 9.59 Å². The van der Waals surface area contributed by atoms with Crippen LogP contribution in [0.4, 0.5) is 0 Å². The van der Waals surface area contributed by atoms with Gasteiger partial charge in [0.25, 0.3) is 0 Å². The van der Waals surface area contributed by atoms with Gasteiger partial charge < -0.3 is 5.11 Å². The molecule has 0 aliphatic carbocycles. The number of ketones is 1. The van der Waals surface area contributed by atoms with Gasteiger partial charge in [-0.1, -0.05) is 13.8 Å². The Morgan fingerprint density at radius 1 is 1.40 bits per heavy atom. The Balaban J connectivity index is 0. The number of carbonyl (C=O) groups excluding carboxylic acids is 1. The molecular formula is C6H10NaO3. The van der Waals surface area contributed by atoms with Gasteiger partial charge in [-0.3, -0.25) is 4.79 Å². The van der Waals surface area contributed by atoms with Crippen molar-refractivity contribution >= 4 is 41.3 Å². The van der Waals surface area contributed by atoms with E-state index in [0.29, 0.717) is 0 Å². The Kier molecular flexibility index (Phi) is 7.53. The van der Waals surface area contributed by atoms with E-state index < -0.39 is 11.8 Å². The summed E-state index contributed by atoms with van der Waals surface area (Å²) in [6, 6.07) is 0. The minimum absolute atomic E-state index is 0. The van der Waals surface area contributed by atoms with Crippen molar-refractivity contribution in [3.05, 3.63) is 0 Å². The van der Waals surface area contributed by atoms with E-state index in [1.807, 2.05) is 0 Å². The number of Topliss-reactive ketones (excluding diaryl/α,β-unsaturated/α-hetero) is 1. The molecule has 0 rings (SSSR count). The van der Waals surface area contributed by atoms with E-state index in [1.165, 1.54) is 0 Å². The molecule has 0 aliphatic heterocycles. The van der Waals surface area contributed by atoms with E-state index in [4.69, 9.17) is 5.11 Å². The number of carboxylic acid groups (broad SMARTS) is 1. The SMILES string of the molecule is [13CH3][13CH]([13CH3])[13CH2][13C](=O)[13C](=O)O.[Na]. The van der Waals surface area contributed by atoms with Gasteiger partial charge in [-0.2, -0.15) is 0 Å². The predicted octanol–water partition coefficient (Wildman–Crippen LogP) is 0.305. The molecule has 0 spiro atoms. The van der Waals surface area contributed by atoms with Gasteiger partial charge in [0, 0.05) is 36.0 Å². The van der Waals surface area contributed by atoms with Crippen LogP contribution in [0.1, 0.15) is 20.3 Å². The molecule has 0 saturated carbocycles. The Morgan fingerprint density at radius 2 is 1.80 bits per heavy atom. The van der Waals surface area contributed by atoms with E-state index in [1.54, 1.807) is 13.8 Å². The van der Waals surface area contributed by atoms with Crippen molar-refractivity contribution in [2.45, 2.75) is 20.3 Å². The van der Waals surface area contributed by atoms with Crippen LogP contribution >= 0.6 is 0 Å². The second-order valence-corrected chi connectivity index (χ2v) is 2.33. The summed E-state index contributed by atoms with van der Waals surface area (Å²) in [7, 11) is 0. The summed E-state index contributed by atoms with van der Waals surface area (Å²) in [6.45, 7) is 3.61. The fraction of sp³-hybridized carbons (Fsp3) is 0.667. The average Bonchev–Trinajstić information content (AvgIpc) is 1.63. The molecule has 0 saturated heterocycles. The molecule has 3 nitrogen and oxygen atoms in total. The van der Waals surface area contributed by atoms with Crippen molar-refractivity contribution in [2.75, 3.05) is 0 Å². The Hall–Kier alpha value is 0.140. The fourth-order valence-electron chi connectivity index (χ4n) is 0.458. The maximum absolute atomic E-state index is 10.4. The van der Waals surface area contributed by atoms with E-state index >= 15 is 0 Å². The summed E-state index contributed by atoms with van der Waals surface area (Å²) < 4.78 is 0. The zero-order valence-electron chi connectivity index (χ0n) is 6.55. The first-order valence-corrected chi connectivity index (χ1v) is 2.80. The Labute approximate surface area is 82.1 Å². The number of carboxylic acids is 1. The van der Waals surface area contributed by atoms with Crippen molar-refractivity contribution in [3.63, 3.8) is 0 Å². The van der Waals surface area contributed by atoms with Crippen molar-refractivity contribution in [2.24, 2.45) is 5.92 Å². The Bertz CT molecular complexity index is 131. The third kappa shape index (κ3) is 6.26. The van der Waals surface area contributed by atoms with Gasteiger partial charge in [0.1, 0.15) is 0 Å². The molecule has 0 bridgehead atoms. The molecule has 0 amide bonds. The monoisotopic (exact) mass is 159 g/mol. The summed E-state index contributed by atoms with van der Waals surface area (Å²) in [6.07, 6.45) is 0.134. The molecule has 0 heterocycles. The van der Waals surface area contributed by atoms with Gasteiger partial charge in [0.05, 0.1) is 0 Å². The summed E-state index contributed by atoms with van der Waals surface area (Å²) >= 11 is 0. The van der Waals surface area contributed by atoms with Crippen molar-refractivity contribution in [3.8, 4) is 0 Å². The molecule has 0 aromatic carbocycles. The molecule has 10 heavy (non-hydrogen) atoms. The number of aliphatic carboxylic acids is 1. The zero-order valence-corrected chi connectivity index (χ0v) is 8.55. The molecule has 0 aromatic rings. The summed E-state index contributed by atoms with van der Waals surface area (Å²) in [4.78, 5) is 20.2. The summed E-state index contributed by atoms with van der Waals surface area (Å²) in [5.41, 5.74) is 0. The minimum Gasteiger partial charge on any atom is -0.476 e. The third-order valence-electron chi connectivity index (χ3n) is 0.832. The molecule has 4 heteroatoms. The minimum atomic E-state index is -1.33. The standard InChI is InChI=1S/C6H10O3.Na/c1-4(2)3-5(7)6(8)9;/h4H,3H2,1-2H3,(H,8,9);/i1+1,2+1,3+1,4+1,5+1,6+1;. The fourth-order valence-corrected chi connectivity index (χ4v) is 0.458. The van der Waals surface area contributed by atoms with Crippen molar-refractivity contribution in [1.82, 2.24) is 0 Å². The van der Waals surface area contributed by atoms with Crippen LogP contribution in [0, 0.1) is 5.92 Å². The van der Waals surface area contributed by atoms with Gasteiger partial charge >= 0.3 is 5.97 Å². The first-order valence-electron chi connectivity index (χ1n) is 2.80. The predicted molar refractivity (Wildman–Crippen MR) is 37.9 cm³/mol. The quantitative estimate of drug-likeness (QED) is 0.366. The van der Waals surface area contributed by atoms with E-state index in [2.05, 4.69) is 0 Å². The van der Waals surface area contributed by atoms with E-state index in [9.17, 15) is 9.59 Å². The zero-order chi connectivity index (χ0) is 7.44. The molecule has 1 radical (unpaired) electrons. The van der Waals surface area contributed by atoms with Crippen LogP contribution < -0.4 is 0 Å². The number of hydrogen-bond acceptors (Lipinski definition) is 2. The molecule has 0 atom stereocenters. The molecular weight excluding hydrogens is 149 g/mol.